The van der Waals surface area contributed by atoms with E-state index in [1.165, 1.54) is 0 Å². The number of rotatable bonds is 6. The molecule has 0 amide bonds. The summed E-state index contributed by atoms with van der Waals surface area (Å²) in [4.78, 5) is 27.2. The van der Waals surface area contributed by atoms with Gasteiger partial charge in [0, 0.05) is 107 Å². The molecule has 288 valence electrons. The lowest BCUT2D eigenvalue weighted by atomic mass is 9.71. The quantitative estimate of drug-likeness (QED) is 0.155. The van der Waals surface area contributed by atoms with Gasteiger partial charge >= 0.3 is 0 Å². The zero-order chi connectivity index (χ0) is 41.8. The van der Waals surface area contributed by atoms with Crippen molar-refractivity contribution in [2.75, 3.05) is 0 Å². The topological polar surface area (TPSA) is 220 Å². The molecule has 0 unspecified atom stereocenters. The second kappa shape index (κ2) is 18.9. The highest BCUT2D eigenvalue weighted by Crippen LogP contribution is 2.48. The van der Waals surface area contributed by atoms with Crippen molar-refractivity contribution in [2.24, 2.45) is 0 Å². The predicted octanol–water partition coefficient (Wildman–Crippen LogP) is 8.64. The molecule has 0 saturated heterocycles. The van der Waals surface area contributed by atoms with Crippen LogP contribution in [0.3, 0.4) is 0 Å². The van der Waals surface area contributed by atoms with Gasteiger partial charge in [-0.05, 0) is 111 Å². The third-order valence-electron chi connectivity index (χ3n) is 11.4. The van der Waals surface area contributed by atoms with Crippen molar-refractivity contribution in [1.82, 2.24) is 29.9 Å². The Labute approximate surface area is 348 Å². The van der Waals surface area contributed by atoms with Crippen molar-refractivity contribution >= 4 is 0 Å². The second-order valence-corrected chi connectivity index (χ2v) is 15.1. The molecular weight excluding hydrogens is 745 g/mol. The van der Waals surface area contributed by atoms with Crippen LogP contribution in [0.2, 0.25) is 0 Å². The number of pyridine rings is 6. The van der Waals surface area contributed by atoms with Gasteiger partial charge in [-0.15, -0.1) is 0 Å². The van der Waals surface area contributed by atoms with Crippen LogP contribution in [0.5, 0.6) is 0 Å². The Morgan fingerprint density at radius 3 is 0.567 bits per heavy atom. The van der Waals surface area contributed by atoms with E-state index in [4.69, 9.17) is 0 Å². The van der Waals surface area contributed by atoms with Crippen molar-refractivity contribution in [2.45, 2.75) is 74.0 Å². The number of hydrogen-bond acceptors (Lipinski definition) is 12. The molecule has 0 aliphatic heterocycles. The first kappa shape index (κ1) is 40.1. The molecule has 6 heterocycles. The lowest BCUT2D eigenvalue weighted by Crippen LogP contribution is -2.22. The van der Waals surface area contributed by atoms with Crippen LogP contribution in [0.15, 0.2) is 110 Å². The van der Waals surface area contributed by atoms with E-state index in [2.05, 4.69) is 66.3 Å². The first-order valence-electron chi connectivity index (χ1n) is 19.6. The fourth-order valence-corrected chi connectivity index (χ4v) is 8.53. The van der Waals surface area contributed by atoms with E-state index in [1.807, 2.05) is 36.4 Å². The molecular formula is C48H36N12. The highest BCUT2D eigenvalue weighted by Gasteiger charge is 2.35. The summed E-state index contributed by atoms with van der Waals surface area (Å²) in [6, 6.07) is 34.4. The minimum atomic E-state index is 0.127. The minimum Gasteiger partial charge on any atom is -0.261 e. The fourth-order valence-electron chi connectivity index (χ4n) is 8.53. The molecule has 8 rings (SSSR count). The van der Waals surface area contributed by atoms with E-state index in [0.717, 1.165) is 72.7 Å². The molecule has 12 heteroatoms. The minimum absolute atomic E-state index is 0.127. The van der Waals surface area contributed by atoms with Gasteiger partial charge in [0.1, 0.15) is 0 Å². The molecule has 0 aromatic carbocycles. The van der Waals surface area contributed by atoms with Gasteiger partial charge in [0.2, 0.25) is 0 Å². The van der Waals surface area contributed by atoms with Crippen molar-refractivity contribution in [1.29, 1.82) is 31.6 Å². The van der Waals surface area contributed by atoms with Gasteiger partial charge in [0.05, 0.1) is 69.8 Å². The lowest BCUT2D eigenvalue weighted by Gasteiger charge is -2.34. The van der Waals surface area contributed by atoms with Crippen molar-refractivity contribution in [3.63, 3.8) is 0 Å². The molecule has 12 nitrogen and oxygen atoms in total. The van der Waals surface area contributed by atoms with E-state index in [-0.39, 0.29) is 35.5 Å². The molecule has 6 aromatic heterocycles. The van der Waals surface area contributed by atoms with Crippen LogP contribution in [0.1, 0.15) is 142 Å². The predicted molar refractivity (Wildman–Crippen MR) is 218 cm³/mol. The SMILES string of the molecule is N#Cc1ccnc(C2CC(c3cc(C#N)ccn3)CC(c3cc(C#N)ccn3)C2)c1.N#Cc1ccnc(C2CC(c3cc(C#N)ccn3)CC(c3cc(C#N)ccn3)C2)c1. The number of nitriles is 6. The summed E-state index contributed by atoms with van der Waals surface area (Å²) in [6.45, 7) is 0. The number of nitrogens with zero attached hydrogens (tertiary/aromatic N) is 12. The van der Waals surface area contributed by atoms with Gasteiger partial charge < -0.3 is 0 Å². The molecule has 2 saturated carbocycles. The van der Waals surface area contributed by atoms with E-state index in [1.54, 1.807) is 73.6 Å². The molecule has 2 fully saturated rings. The molecule has 60 heavy (non-hydrogen) atoms. The van der Waals surface area contributed by atoms with Gasteiger partial charge in [-0.3, -0.25) is 29.9 Å². The molecule has 0 atom stereocenters. The smallest absolute Gasteiger partial charge is 0.0992 e. The maximum atomic E-state index is 9.28. The molecule has 2 aliphatic rings. The summed E-state index contributed by atoms with van der Waals surface area (Å²) in [6.07, 6.45) is 15.0. The first-order chi connectivity index (χ1) is 29.4. The van der Waals surface area contributed by atoms with E-state index in [0.29, 0.717) is 33.4 Å². The van der Waals surface area contributed by atoms with Crippen LogP contribution in [-0.2, 0) is 0 Å². The first-order valence-corrected chi connectivity index (χ1v) is 19.6. The van der Waals surface area contributed by atoms with Crippen LogP contribution in [0.25, 0.3) is 0 Å². The number of aromatic nitrogens is 6. The third kappa shape index (κ3) is 9.50. The van der Waals surface area contributed by atoms with Crippen molar-refractivity contribution in [3.8, 4) is 36.4 Å². The van der Waals surface area contributed by atoms with Gasteiger partial charge in [-0.25, -0.2) is 0 Å². The van der Waals surface area contributed by atoms with Gasteiger partial charge in [0.15, 0.2) is 0 Å². The summed E-state index contributed by atoms with van der Waals surface area (Å²) in [5, 5.41) is 55.7. The normalized spacial score (nSPS) is 20.5. The largest absolute Gasteiger partial charge is 0.261 e. The molecule has 0 radical (unpaired) electrons. The van der Waals surface area contributed by atoms with Crippen LogP contribution in [0.4, 0.5) is 0 Å². The Hall–Kier alpha value is -8.16. The average molecular weight is 781 g/mol. The van der Waals surface area contributed by atoms with Gasteiger partial charge in [0.25, 0.3) is 0 Å². The van der Waals surface area contributed by atoms with E-state index < -0.39 is 0 Å². The highest BCUT2D eigenvalue weighted by atomic mass is 14.7. The maximum absolute atomic E-state index is 9.28. The summed E-state index contributed by atoms with van der Waals surface area (Å²) in [7, 11) is 0. The highest BCUT2D eigenvalue weighted by molar-refractivity contribution is 5.37. The van der Waals surface area contributed by atoms with Crippen molar-refractivity contribution < 1.29 is 0 Å². The molecule has 6 aromatic rings. The Morgan fingerprint density at radius 1 is 0.283 bits per heavy atom. The van der Waals surface area contributed by atoms with Crippen LogP contribution in [0, 0.1) is 68.0 Å². The van der Waals surface area contributed by atoms with Crippen LogP contribution < -0.4 is 0 Å². The monoisotopic (exact) mass is 780 g/mol. The Balaban J connectivity index is 0.000000181. The molecule has 2 aliphatic carbocycles. The van der Waals surface area contributed by atoms with Gasteiger partial charge in [-0.2, -0.15) is 31.6 Å². The standard InChI is InChI=1S/2C24H18N6/c2*25-13-16-1-4-28-22(7-16)19-10-20(23-8-17(14-26)2-5-29-23)12-21(11-19)24-9-18(15-27)3-6-30-24/h2*1-9,19-21H,10-12H2. The summed E-state index contributed by atoms with van der Waals surface area (Å²) in [5.41, 5.74) is 8.86. The summed E-state index contributed by atoms with van der Waals surface area (Å²) < 4.78 is 0. The Kier molecular flexibility index (Phi) is 12.6. The average Bonchev–Trinajstić information content (AvgIpc) is 3.34. The molecule has 0 N–H and O–H groups in total. The fraction of sp³-hybridized carbons (Fsp3) is 0.250. The Morgan fingerprint density at radius 2 is 0.433 bits per heavy atom. The Bertz CT molecular complexity index is 2270. The molecule has 0 spiro atoms. The van der Waals surface area contributed by atoms with Crippen molar-refractivity contribution in [3.05, 3.63) is 178 Å². The molecule has 0 bridgehead atoms. The van der Waals surface area contributed by atoms with E-state index >= 15 is 0 Å². The van der Waals surface area contributed by atoms with Crippen LogP contribution in [-0.4, -0.2) is 29.9 Å². The van der Waals surface area contributed by atoms with E-state index in [9.17, 15) is 31.6 Å². The third-order valence-corrected chi connectivity index (χ3v) is 11.4. The summed E-state index contributed by atoms with van der Waals surface area (Å²) in [5.74, 6) is 0.762. The lowest BCUT2D eigenvalue weighted by molar-refractivity contribution is 0.339. The zero-order valence-electron chi connectivity index (χ0n) is 32.5. The maximum Gasteiger partial charge on any atom is 0.0992 e. The van der Waals surface area contributed by atoms with Gasteiger partial charge in [-0.1, -0.05) is 0 Å². The number of hydrogen-bond donors (Lipinski definition) is 0. The zero-order valence-corrected chi connectivity index (χ0v) is 32.5. The second-order valence-electron chi connectivity index (χ2n) is 15.1. The summed E-state index contributed by atoms with van der Waals surface area (Å²) >= 11 is 0. The van der Waals surface area contributed by atoms with Crippen LogP contribution >= 0.6 is 0 Å².